The number of aromatic nitrogens is 1. The number of rotatable bonds is 5. The van der Waals surface area contributed by atoms with Gasteiger partial charge in [-0.15, -0.1) is 11.8 Å². The van der Waals surface area contributed by atoms with Gasteiger partial charge in [-0.1, -0.05) is 41.7 Å². The molecule has 1 amide bonds. The molecule has 4 unspecified atom stereocenters. The van der Waals surface area contributed by atoms with Gasteiger partial charge in [-0.25, -0.2) is 13.6 Å². The summed E-state index contributed by atoms with van der Waals surface area (Å²) in [5.41, 5.74) is 1.70. The lowest BCUT2D eigenvalue weighted by atomic mass is 9.75. The Morgan fingerprint density at radius 2 is 1.77 bits per heavy atom. The van der Waals surface area contributed by atoms with E-state index >= 15 is 0 Å². The third-order valence-electron chi connectivity index (χ3n) is 7.62. The van der Waals surface area contributed by atoms with Crippen molar-refractivity contribution >= 4 is 44.7 Å². The number of anilines is 1. The number of nitrogens with one attached hydrogen (secondary N) is 1. The number of fused-ring (bicyclic) bond motifs is 6. The zero-order valence-electron chi connectivity index (χ0n) is 18.8. The monoisotopic (exact) mass is 527 g/mol. The normalized spacial score (nSPS) is 26.8. The Kier molecular flexibility index (Phi) is 5.67. The van der Waals surface area contributed by atoms with Crippen LogP contribution in [0.3, 0.4) is 0 Å². The van der Waals surface area contributed by atoms with Crippen LogP contribution < -0.4 is 15.3 Å². The average Bonchev–Trinajstić information content (AvgIpc) is 3.52. The largest absolute Gasteiger partial charge is 0.325 e. The van der Waals surface area contributed by atoms with Crippen LogP contribution in [0.5, 0.6) is 0 Å². The highest BCUT2D eigenvalue weighted by Gasteiger charge is 2.55. The molecule has 1 aromatic heterocycles. The lowest BCUT2D eigenvalue weighted by Gasteiger charge is -2.40. The van der Waals surface area contributed by atoms with Crippen LogP contribution in [0, 0.1) is 17.8 Å². The summed E-state index contributed by atoms with van der Waals surface area (Å²) in [4.78, 5) is 27.0. The molecule has 0 radical (unpaired) electrons. The Hall–Kier alpha value is -2.40. The molecule has 6 rings (SSSR count). The maximum absolute atomic E-state index is 13.1. The molecule has 1 aliphatic heterocycles. The number of nitrogens with two attached hydrogens (primary N) is 1. The second-order valence-electron chi connectivity index (χ2n) is 9.62. The van der Waals surface area contributed by atoms with Crippen molar-refractivity contribution in [2.45, 2.75) is 46.9 Å². The van der Waals surface area contributed by atoms with Gasteiger partial charge in [0.1, 0.15) is 6.54 Å². The summed E-state index contributed by atoms with van der Waals surface area (Å²) in [6.45, 7) is -0.0817. The van der Waals surface area contributed by atoms with E-state index in [1.807, 2.05) is 6.07 Å². The minimum atomic E-state index is -3.80. The molecule has 2 aliphatic carbocycles. The van der Waals surface area contributed by atoms with Crippen LogP contribution in [0.1, 0.15) is 35.6 Å². The molecule has 10 heteroatoms. The van der Waals surface area contributed by atoms with Crippen LogP contribution in [0.15, 0.2) is 69.3 Å². The van der Waals surface area contributed by atoms with Crippen molar-refractivity contribution in [3.05, 3.63) is 74.7 Å². The van der Waals surface area contributed by atoms with Gasteiger partial charge in [0.05, 0.1) is 9.92 Å². The van der Waals surface area contributed by atoms with Crippen LogP contribution in [0.2, 0.25) is 0 Å². The van der Waals surface area contributed by atoms with Crippen molar-refractivity contribution in [2.24, 2.45) is 22.9 Å². The van der Waals surface area contributed by atoms with Gasteiger partial charge in [-0.3, -0.25) is 14.2 Å². The van der Waals surface area contributed by atoms with Gasteiger partial charge < -0.3 is 5.32 Å². The van der Waals surface area contributed by atoms with E-state index in [0.29, 0.717) is 28.7 Å². The highest BCUT2D eigenvalue weighted by atomic mass is 32.2. The first-order valence-electron chi connectivity index (χ1n) is 11.7. The molecule has 7 nitrogen and oxygen atoms in total. The van der Waals surface area contributed by atoms with Crippen LogP contribution in [-0.4, -0.2) is 24.1 Å². The number of sulfonamides is 1. The Balaban J connectivity index is 1.30. The Morgan fingerprint density at radius 3 is 2.49 bits per heavy atom. The molecule has 2 aromatic carbocycles. The van der Waals surface area contributed by atoms with E-state index in [9.17, 15) is 18.0 Å². The predicted molar refractivity (Wildman–Crippen MR) is 137 cm³/mol. The number of primary sulfonamides is 1. The van der Waals surface area contributed by atoms with E-state index in [1.54, 1.807) is 16.3 Å². The maximum Gasteiger partial charge on any atom is 0.308 e. The lowest BCUT2D eigenvalue weighted by molar-refractivity contribution is -0.116. The number of amides is 1. The van der Waals surface area contributed by atoms with Gasteiger partial charge in [-0.2, -0.15) is 0 Å². The number of thioether (sulfide) groups is 1. The van der Waals surface area contributed by atoms with E-state index in [2.05, 4.69) is 29.6 Å². The first-order chi connectivity index (χ1) is 16.8. The molecule has 2 bridgehead atoms. The SMILES string of the molecule is NS(=O)(=O)c1ccc(NC(=O)Cn2c3c(sc2=O)[C@@H](c2ccccc2)C2C4CCC(C4)C2S3)cc1. The summed E-state index contributed by atoms with van der Waals surface area (Å²) >= 11 is 3.08. The topological polar surface area (TPSA) is 111 Å². The molecular weight excluding hydrogens is 502 g/mol. The third kappa shape index (κ3) is 4.06. The first kappa shape index (κ1) is 23.0. The Labute approximate surface area is 211 Å². The quantitative estimate of drug-likeness (QED) is 0.524. The van der Waals surface area contributed by atoms with E-state index in [4.69, 9.17) is 5.14 Å². The number of hydrogen-bond donors (Lipinski definition) is 2. The van der Waals surface area contributed by atoms with Gasteiger partial charge >= 0.3 is 4.87 Å². The van der Waals surface area contributed by atoms with Gasteiger partial charge in [0.15, 0.2) is 0 Å². The molecule has 35 heavy (non-hydrogen) atoms. The van der Waals surface area contributed by atoms with Crippen molar-refractivity contribution in [1.29, 1.82) is 0 Å². The fraction of sp³-hybridized carbons (Fsp3) is 0.360. The highest BCUT2D eigenvalue weighted by molar-refractivity contribution is 8.00. The minimum Gasteiger partial charge on any atom is -0.325 e. The van der Waals surface area contributed by atoms with Crippen molar-refractivity contribution < 1.29 is 13.2 Å². The van der Waals surface area contributed by atoms with Crippen molar-refractivity contribution in [3.63, 3.8) is 0 Å². The fourth-order valence-electron chi connectivity index (χ4n) is 6.19. The van der Waals surface area contributed by atoms with Crippen molar-refractivity contribution in [2.75, 3.05) is 5.32 Å². The number of benzene rings is 2. The van der Waals surface area contributed by atoms with Crippen LogP contribution >= 0.6 is 23.1 Å². The summed E-state index contributed by atoms with van der Waals surface area (Å²) in [6, 6.07) is 16.2. The molecule has 5 atom stereocenters. The van der Waals surface area contributed by atoms with Gasteiger partial charge in [0.2, 0.25) is 15.9 Å². The molecular formula is C25H25N3O4S3. The first-order valence-corrected chi connectivity index (χ1v) is 14.9. The van der Waals surface area contributed by atoms with E-state index in [1.165, 1.54) is 60.4 Å². The Bertz CT molecular complexity index is 1450. The lowest BCUT2D eigenvalue weighted by Crippen LogP contribution is -2.34. The van der Waals surface area contributed by atoms with Crippen LogP contribution in [-0.2, 0) is 21.4 Å². The zero-order valence-corrected chi connectivity index (χ0v) is 21.2. The number of carbonyl (C=O) groups is 1. The smallest absolute Gasteiger partial charge is 0.308 e. The molecule has 3 aromatic rings. The van der Waals surface area contributed by atoms with E-state index in [-0.39, 0.29) is 28.1 Å². The standard InChI is InChI=1S/C25H25N3O4S3/c26-35(31,32)18-10-8-17(9-11-18)27-19(29)13-28-24-23(34-25(28)30)20(14-4-2-1-3-5-14)21-15-6-7-16(12-15)22(21)33-24/h1-5,8-11,15-16,20-22H,6-7,12-13H2,(H,27,29)(H2,26,31,32)/t15?,16?,20-,21?,22?/m0/s1. The highest BCUT2D eigenvalue weighted by Crippen LogP contribution is 2.63. The molecule has 2 fully saturated rings. The summed E-state index contributed by atoms with van der Waals surface area (Å²) in [5.74, 6) is 1.77. The summed E-state index contributed by atoms with van der Waals surface area (Å²) in [7, 11) is -3.80. The predicted octanol–water partition coefficient (Wildman–Crippen LogP) is 3.85. The summed E-state index contributed by atoms with van der Waals surface area (Å²) < 4.78 is 24.5. The Morgan fingerprint density at radius 1 is 1.06 bits per heavy atom. The molecule has 182 valence electrons. The summed E-state index contributed by atoms with van der Waals surface area (Å²) in [6.07, 6.45) is 3.78. The zero-order chi connectivity index (χ0) is 24.3. The molecule has 0 saturated heterocycles. The number of hydrogen-bond acceptors (Lipinski definition) is 6. The van der Waals surface area contributed by atoms with E-state index < -0.39 is 10.0 Å². The van der Waals surface area contributed by atoms with Gasteiger partial charge in [-0.05, 0) is 66.8 Å². The average molecular weight is 528 g/mol. The van der Waals surface area contributed by atoms with E-state index in [0.717, 1.165) is 9.90 Å². The van der Waals surface area contributed by atoms with Gasteiger partial charge in [0.25, 0.3) is 0 Å². The molecule has 0 spiro atoms. The molecule has 2 saturated carbocycles. The number of carbonyl (C=O) groups excluding carboxylic acids is 1. The molecule has 2 heterocycles. The molecule has 3 aliphatic rings. The second-order valence-corrected chi connectivity index (χ2v) is 13.3. The number of nitrogens with zero attached hydrogens (tertiary/aromatic N) is 1. The fourth-order valence-corrected chi connectivity index (χ4v) is 9.86. The molecule has 3 N–H and O–H groups in total. The number of thiazole rings is 1. The summed E-state index contributed by atoms with van der Waals surface area (Å²) in [5, 5.41) is 9.31. The second kappa shape index (κ2) is 8.62. The van der Waals surface area contributed by atoms with Gasteiger partial charge in [0, 0.05) is 21.7 Å². The maximum atomic E-state index is 13.1. The van der Waals surface area contributed by atoms with Crippen LogP contribution in [0.4, 0.5) is 5.69 Å². The van der Waals surface area contributed by atoms with Crippen molar-refractivity contribution in [3.8, 4) is 0 Å². The third-order valence-corrected chi connectivity index (χ3v) is 11.4. The minimum absolute atomic E-state index is 0.0256. The van der Waals surface area contributed by atoms with Crippen molar-refractivity contribution in [1.82, 2.24) is 4.57 Å². The van der Waals surface area contributed by atoms with Crippen LogP contribution in [0.25, 0.3) is 0 Å².